The average molecular weight is 376 g/mol. The van der Waals surface area contributed by atoms with E-state index in [0.717, 1.165) is 18.4 Å². The molecule has 1 amide bonds. The number of halogens is 3. The molecule has 0 aliphatic carbocycles. The van der Waals surface area contributed by atoms with E-state index in [2.05, 4.69) is 5.32 Å². The van der Waals surface area contributed by atoms with Gasteiger partial charge in [-0.15, -0.1) is 0 Å². The van der Waals surface area contributed by atoms with Crippen molar-refractivity contribution < 1.29 is 26.4 Å². The number of alkyl halides is 3. The zero-order valence-electron chi connectivity index (χ0n) is 13.6. The molecule has 138 valence electrons. The fourth-order valence-corrected chi connectivity index (χ4v) is 3.45. The highest BCUT2D eigenvalue weighted by Gasteiger charge is 2.30. The van der Waals surface area contributed by atoms with E-state index in [1.165, 1.54) is 28.6 Å². The molecule has 2 rings (SSSR count). The summed E-state index contributed by atoms with van der Waals surface area (Å²) in [5, 5.41) is 2.74. The van der Waals surface area contributed by atoms with E-state index in [9.17, 15) is 26.4 Å². The second kappa shape index (κ2) is 7.57. The molecule has 0 bridgehead atoms. The number of amides is 1. The van der Waals surface area contributed by atoms with Crippen LogP contribution in [-0.2, 0) is 21.0 Å². The monoisotopic (exact) mass is 376 g/mol. The molecule has 9 heteroatoms. The highest BCUT2D eigenvalue weighted by Crippen LogP contribution is 2.29. The summed E-state index contributed by atoms with van der Waals surface area (Å²) in [5.74, 6) is -0.421. The van der Waals surface area contributed by atoms with Crippen molar-refractivity contribution in [3.05, 3.63) is 41.5 Å². The van der Waals surface area contributed by atoms with Crippen LogP contribution in [0.4, 0.5) is 13.2 Å². The largest absolute Gasteiger partial charge is 0.416 e. The lowest BCUT2D eigenvalue weighted by Gasteiger charge is -2.30. The number of hydrogen-bond acceptors (Lipinski definition) is 3. The van der Waals surface area contributed by atoms with Gasteiger partial charge in [0.15, 0.2) is 0 Å². The zero-order chi connectivity index (χ0) is 18.7. The second-order valence-corrected chi connectivity index (χ2v) is 7.88. The maximum Gasteiger partial charge on any atom is 0.416 e. The molecule has 1 saturated heterocycles. The van der Waals surface area contributed by atoms with Crippen molar-refractivity contribution in [2.24, 2.45) is 0 Å². The van der Waals surface area contributed by atoms with Gasteiger partial charge in [0, 0.05) is 25.2 Å². The van der Waals surface area contributed by atoms with Crippen molar-refractivity contribution >= 4 is 22.0 Å². The van der Waals surface area contributed by atoms with Crippen LogP contribution in [0.3, 0.4) is 0 Å². The minimum atomic E-state index is -4.43. The number of carbonyl (C=O) groups excluding carboxylic acids is 1. The number of sulfonamides is 1. The lowest BCUT2D eigenvalue weighted by atomic mass is 10.1. The summed E-state index contributed by atoms with van der Waals surface area (Å²) in [4.78, 5) is 11.9. The number of nitrogens with zero attached hydrogens (tertiary/aromatic N) is 1. The van der Waals surface area contributed by atoms with Crippen molar-refractivity contribution in [2.75, 3.05) is 19.3 Å². The van der Waals surface area contributed by atoms with Crippen LogP contribution in [-0.4, -0.2) is 44.0 Å². The molecule has 1 aliphatic rings. The van der Waals surface area contributed by atoms with Crippen LogP contribution >= 0.6 is 0 Å². The summed E-state index contributed by atoms with van der Waals surface area (Å²) in [5.41, 5.74) is -0.500. The molecule has 0 aromatic heterocycles. The Bertz CT molecular complexity index is 752. The van der Waals surface area contributed by atoms with Gasteiger partial charge in [-0.2, -0.15) is 13.2 Å². The van der Waals surface area contributed by atoms with Crippen LogP contribution in [0.5, 0.6) is 0 Å². The van der Waals surface area contributed by atoms with E-state index in [0.29, 0.717) is 25.9 Å². The summed E-state index contributed by atoms with van der Waals surface area (Å²) in [6.45, 7) is 0.669. The SMILES string of the molecule is CS(=O)(=O)N1CCC(NC(=O)/C=C/c2cccc(C(F)(F)F)c2)CC1. The predicted molar refractivity (Wildman–Crippen MR) is 88.1 cm³/mol. The summed E-state index contributed by atoms with van der Waals surface area (Å²) in [7, 11) is -3.23. The van der Waals surface area contributed by atoms with Crippen LogP contribution in [0.2, 0.25) is 0 Å². The Hall–Kier alpha value is -1.87. The van der Waals surface area contributed by atoms with E-state index in [1.54, 1.807) is 0 Å². The van der Waals surface area contributed by atoms with Crippen LogP contribution in [0.1, 0.15) is 24.0 Å². The van der Waals surface area contributed by atoms with Crippen LogP contribution in [0, 0.1) is 0 Å². The van der Waals surface area contributed by atoms with Gasteiger partial charge in [-0.05, 0) is 36.6 Å². The molecule has 1 N–H and O–H groups in total. The van der Waals surface area contributed by atoms with Gasteiger partial charge in [0.1, 0.15) is 0 Å². The smallest absolute Gasteiger partial charge is 0.350 e. The first-order valence-electron chi connectivity index (χ1n) is 7.66. The molecule has 0 spiro atoms. The number of hydrogen-bond donors (Lipinski definition) is 1. The van der Waals surface area contributed by atoms with E-state index in [4.69, 9.17) is 0 Å². The Morgan fingerprint density at radius 1 is 1.28 bits per heavy atom. The number of nitrogens with one attached hydrogen (secondary N) is 1. The van der Waals surface area contributed by atoms with Crippen molar-refractivity contribution in [3.63, 3.8) is 0 Å². The minimum Gasteiger partial charge on any atom is -0.350 e. The first-order chi connectivity index (χ1) is 11.6. The molecule has 1 aromatic carbocycles. The molecular formula is C16H19F3N2O3S. The molecule has 0 unspecified atom stereocenters. The van der Waals surface area contributed by atoms with Gasteiger partial charge in [-0.3, -0.25) is 4.79 Å². The molecule has 0 atom stereocenters. The Labute approximate surface area is 144 Å². The highest BCUT2D eigenvalue weighted by atomic mass is 32.2. The summed E-state index contributed by atoms with van der Waals surface area (Å²) < 4.78 is 62.1. The highest BCUT2D eigenvalue weighted by molar-refractivity contribution is 7.88. The van der Waals surface area contributed by atoms with Crippen molar-refractivity contribution in [1.29, 1.82) is 0 Å². The van der Waals surface area contributed by atoms with Gasteiger partial charge in [0.2, 0.25) is 15.9 Å². The zero-order valence-corrected chi connectivity index (χ0v) is 14.4. The normalized spacial score (nSPS) is 17.8. The Kier molecular flexibility index (Phi) is 5.89. The fraction of sp³-hybridized carbons (Fsp3) is 0.438. The first-order valence-corrected chi connectivity index (χ1v) is 9.51. The Balaban J connectivity index is 1.90. The quantitative estimate of drug-likeness (QED) is 0.820. The van der Waals surface area contributed by atoms with E-state index in [-0.39, 0.29) is 11.6 Å². The number of piperidine rings is 1. The Morgan fingerprint density at radius 2 is 1.92 bits per heavy atom. The second-order valence-electron chi connectivity index (χ2n) is 5.90. The number of benzene rings is 1. The van der Waals surface area contributed by atoms with E-state index in [1.807, 2.05) is 0 Å². The molecule has 1 fully saturated rings. The number of rotatable bonds is 4. The lowest BCUT2D eigenvalue weighted by molar-refractivity contribution is -0.137. The molecule has 1 aromatic rings. The molecule has 1 heterocycles. The summed E-state index contributed by atoms with van der Waals surface area (Å²) >= 11 is 0. The summed E-state index contributed by atoms with van der Waals surface area (Å²) in [6, 6.07) is 4.53. The number of carbonyl (C=O) groups is 1. The standard InChI is InChI=1S/C16H19F3N2O3S/c1-25(23,24)21-9-7-14(8-10-21)20-15(22)6-5-12-3-2-4-13(11-12)16(17,18)19/h2-6,11,14H,7-10H2,1H3,(H,20,22)/b6-5+. The van der Waals surface area contributed by atoms with Gasteiger partial charge < -0.3 is 5.32 Å². The fourth-order valence-electron chi connectivity index (χ4n) is 2.57. The van der Waals surface area contributed by atoms with Gasteiger partial charge >= 0.3 is 6.18 Å². The molecule has 0 radical (unpaired) electrons. The van der Waals surface area contributed by atoms with E-state index >= 15 is 0 Å². The molecule has 0 saturated carbocycles. The van der Waals surface area contributed by atoms with Crippen molar-refractivity contribution in [1.82, 2.24) is 9.62 Å². The van der Waals surface area contributed by atoms with Gasteiger partial charge in [0.05, 0.1) is 11.8 Å². The molecule has 5 nitrogen and oxygen atoms in total. The van der Waals surface area contributed by atoms with Crippen molar-refractivity contribution in [3.8, 4) is 0 Å². The van der Waals surface area contributed by atoms with Crippen LogP contribution in [0.25, 0.3) is 6.08 Å². The lowest BCUT2D eigenvalue weighted by Crippen LogP contribution is -2.45. The van der Waals surface area contributed by atoms with Crippen molar-refractivity contribution in [2.45, 2.75) is 25.1 Å². The van der Waals surface area contributed by atoms with Gasteiger partial charge in [-0.25, -0.2) is 12.7 Å². The molecule has 25 heavy (non-hydrogen) atoms. The van der Waals surface area contributed by atoms with Gasteiger partial charge in [-0.1, -0.05) is 12.1 Å². The predicted octanol–water partition coefficient (Wildman–Crippen LogP) is 2.26. The van der Waals surface area contributed by atoms with E-state index < -0.39 is 27.7 Å². The minimum absolute atomic E-state index is 0.156. The third kappa shape index (κ3) is 5.86. The Morgan fingerprint density at radius 3 is 2.48 bits per heavy atom. The summed E-state index contributed by atoms with van der Waals surface area (Å²) in [6.07, 6.45) is 0.199. The van der Waals surface area contributed by atoms with Gasteiger partial charge in [0.25, 0.3) is 0 Å². The van der Waals surface area contributed by atoms with Crippen LogP contribution in [0.15, 0.2) is 30.3 Å². The molecular weight excluding hydrogens is 357 g/mol. The topological polar surface area (TPSA) is 66.5 Å². The average Bonchev–Trinajstić information content (AvgIpc) is 2.52. The third-order valence-corrected chi connectivity index (χ3v) is 5.21. The maximum atomic E-state index is 12.6. The van der Waals surface area contributed by atoms with Crippen LogP contribution < -0.4 is 5.32 Å². The maximum absolute atomic E-state index is 12.6. The third-order valence-electron chi connectivity index (χ3n) is 3.91. The molecule has 1 aliphatic heterocycles. The first kappa shape index (κ1) is 19.5.